The molecule has 0 radical (unpaired) electrons. The Labute approximate surface area is 139 Å². The third-order valence-electron chi connectivity index (χ3n) is 3.70. The Morgan fingerprint density at radius 1 is 1.12 bits per heavy atom. The monoisotopic (exact) mass is 326 g/mol. The summed E-state index contributed by atoms with van der Waals surface area (Å²) in [5.74, 6) is -0.595. The summed E-state index contributed by atoms with van der Waals surface area (Å²) < 4.78 is 5.47. The minimum absolute atomic E-state index is 0.0352. The molecule has 1 unspecified atom stereocenters. The highest BCUT2D eigenvalue weighted by molar-refractivity contribution is 6.07. The minimum Gasteiger partial charge on any atom is -0.376 e. The first kappa shape index (κ1) is 16.1. The van der Waals surface area contributed by atoms with E-state index in [1.807, 2.05) is 6.07 Å². The molecule has 2 amide bonds. The Balaban J connectivity index is 1.68. The smallest absolute Gasteiger partial charge is 0.273 e. The first-order valence-electron chi connectivity index (χ1n) is 7.81. The Morgan fingerprint density at radius 2 is 1.92 bits per heavy atom. The van der Waals surface area contributed by atoms with Gasteiger partial charge in [-0.05, 0) is 25.0 Å². The lowest BCUT2D eigenvalue weighted by Crippen LogP contribution is -2.33. The van der Waals surface area contributed by atoms with Crippen molar-refractivity contribution in [2.45, 2.75) is 18.9 Å². The molecule has 1 fully saturated rings. The van der Waals surface area contributed by atoms with Crippen LogP contribution in [0.15, 0.2) is 42.7 Å². The number of carbonyl (C=O) groups excluding carboxylic acids is 2. The Bertz CT molecular complexity index is 715. The summed E-state index contributed by atoms with van der Waals surface area (Å²) >= 11 is 0. The fourth-order valence-corrected chi connectivity index (χ4v) is 2.46. The zero-order valence-corrected chi connectivity index (χ0v) is 13.1. The van der Waals surface area contributed by atoms with Gasteiger partial charge in [0.2, 0.25) is 0 Å². The van der Waals surface area contributed by atoms with E-state index in [-0.39, 0.29) is 29.4 Å². The molecule has 1 atom stereocenters. The largest absolute Gasteiger partial charge is 0.376 e. The minimum atomic E-state index is -0.387. The number of ether oxygens (including phenoxy) is 1. The number of amides is 2. The SMILES string of the molecule is O=C(Nc1nccnc1C(=O)NCC1CCCO1)c1ccccc1. The van der Waals surface area contributed by atoms with Crippen molar-refractivity contribution in [1.82, 2.24) is 15.3 Å². The molecular formula is C17H18N4O3. The van der Waals surface area contributed by atoms with E-state index in [4.69, 9.17) is 4.74 Å². The molecule has 7 heteroatoms. The average Bonchev–Trinajstić information content (AvgIpc) is 3.14. The third kappa shape index (κ3) is 3.94. The van der Waals surface area contributed by atoms with Crippen LogP contribution < -0.4 is 10.6 Å². The maximum absolute atomic E-state index is 12.3. The number of anilines is 1. The van der Waals surface area contributed by atoms with Crippen LogP contribution in [0.4, 0.5) is 5.82 Å². The predicted octanol–water partition coefficient (Wildman–Crippen LogP) is 1.64. The number of rotatable bonds is 5. The Morgan fingerprint density at radius 3 is 2.67 bits per heavy atom. The third-order valence-corrected chi connectivity index (χ3v) is 3.70. The molecular weight excluding hydrogens is 308 g/mol. The van der Waals surface area contributed by atoms with Crippen LogP contribution in [0.5, 0.6) is 0 Å². The highest BCUT2D eigenvalue weighted by Crippen LogP contribution is 2.13. The van der Waals surface area contributed by atoms with Gasteiger partial charge >= 0.3 is 0 Å². The fraction of sp³-hybridized carbons (Fsp3) is 0.294. The van der Waals surface area contributed by atoms with Crippen molar-refractivity contribution in [3.8, 4) is 0 Å². The molecule has 2 heterocycles. The fourth-order valence-electron chi connectivity index (χ4n) is 2.46. The van der Waals surface area contributed by atoms with E-state index in [1.54, 1.807) is 24.3 Å². The molecule has 0 bridgehead atoms. The molecule has 1 saturated heterocycles. The summed E-state index contributed by atoms with van der Waals surface area (Å²) in [4.78, 5) is 32.6. The summed E-state index contributed by atoms with van der Waals surface area (Å²) in [6.07, 6.45) is 4.81. The van der Waals surface area contributed by atoms with Gasteiger partial charge in [0.05, 0.1) is 6.10 Å². The van der Waals surface area contributed by atoms with Crippen molar-refractivity contribution < 1.29 is 14.3 Å². The number of nitrogens with zero attached hydrogens (tertiary/aromatic N) is 2. The highest BCUT2D eigenvalue weighted by atomic mass is 16.5. The number of aromatic nitrogens is 2. The van der Waals surface area contributed by atoms with E-state index in [9.17, 15) is 9.59 Å². The van der Waals surface area contributed by atoms with Crippen LogP contribution in [0.3, 0.4) is 0 Å². The van der Waals surface area contributed by atoms with E-state index in [1.165, 1.54) is 12.4 Å². The standard InChI is InChI=1S/C17H18N4O3/c22-16(12-5-2-1-3-6-12)21-15-14(18-8-9-19-15)17(23)20-11-13-7-4-10-24-13/h1-3,5-6,8-9,13H,4,7,10-11H2,(H,20,23)(H,19,21,22). The first-order chi connectivity index (χ1) is 11.7. The lowest BCUT2D eigenvalue weighted by molar-refractivity contribution is 0.0854. The normalized spacial score (nSPS) is 16.6. The van der Waals surface area contributed by atoms with Gasteiger partial charge in [-0.15, -0.1) is 0 Å². The summed E-state index contributed by atoms with van der Waals surface area (Å²) in [7, 11) is 0. The van der Waals surface area contributed by atoms with Crippen LogP contribution in [0.2, 0.25) is 0 Å². The summed E-state index contributed by atoms with van der Waals surface area (Å²) in [5.41, 5.74) is 0.564. The van der Waals surface area contributed by atoms with Crippen molar-refractivity contribution in [3.05, 3.63) is 54.0 Å². The highest BCUT2D eigenvalue weighted by Gasteiger charge is 2.20. The van der Waals surface area contributed by atoms with Gasteiger partial charge in [-0.25, -0.2) is 9.97 Å². The number of hydrogen-bond donors (Lipinski definition) is 2. The van der Waals surface area contributed by atoms with Crippen molar-refractivity contribution in [3.63, 3.8) is 0 Å². The van der Waals surface area contributed by atoms with E-state index < -0.39 is 0 Å². The molecule has 1 aromatic carbocycles. The molecule has 2 aromatic rings. The first-order valence-corrected chi connectivity index (χ1v) is 7.81. The molecule has 7 nitrogen and oxygen atoms in total. The molecule has 0 saturated carbocycles. The van der Waals surface area contributed by atoms with Gasteiger partial charge in [0.15, 0.2) is 11.5 Å². The van der Waals surface area contributed by atoms with Gasteiger partial charge in [-0.3, -0.25) is 9.59 Å². The van der Waals surface area contributed by atoms with Crippen molar-refractivity contribution in [1.29, 1.82) is 0 Å². The molecule has 0 spiro atoms. The topological polar surface area (TPSA) is 93.2 Å². The zero-order valence-electron chi connectivity index (χ0n) is 13.1. The molecule has 0 aliphatic carbocycles. The van der Waals surface area contributed by atoms with E-state index in [0.717, 1.165) is 19.4 Å². The van der Waals surface area contributed by atoms with E-state index in [2.05, 4.69) is 20.6 Å². The molecule has 3 rings (SSSR count). The quantitative estimate of drug-likeness (QED) is 0.871. The van der Waals surface area contributed by atoms with Gasteiger partial charge < -0.3 is 15.4 Å². The van der Waals surface area contributed by atoms with Crippen LogP contribution in [-0.4, -0.2) is 41.0 Å². The Hall–Kier alpha value is -2.80. The number of carbonyl (C=O) groups is 2. The summed E-state index contributed by atoms with van der Waals surface area (Å²) in [6, 6.07) is 8.72. The lowest BCUT2D eigenvalue weighted by Gasteiger charge is -2.12. The van der Waals surface area contributed by atoms with E-state index in [0.29, 0.717) is 12.1 Å². The van der Waals surface area contributed by atoms with Gasteiger partial charge in [0, 0.05) is 31.1 Å². The van der Waals surface area contributed by atoms with Crippen LogP contribution in [0.1, 0.15) is 33.7 Å². The maximum atomic E-state index is 12.3. The van der Waals surface area contributed by atoms with Crippen molar-refractivity contribution in [2.75, 3.05) is 18.5 Å². The number of nitrogens with one attached hydrogen (secondary N) is 2. The second-order valence-corrected chi connectivity index (χ2v) is 5.42. The molecule has 2 N–H and O–H groups in total. The molecule has 1 aliphatic heterocycles. The van der Waals surface area contributed by atoms with E-state index >= 15 is 0 Å². The number of hydrogen-bond acceptors (Lipinski definition) is 5. The zero-order chi connectivity index (χ0) is 16.8. The Kier molecular flexibility index (Phi) is 5.12. The summed E-state index contributed by atoms with van der Waals surface area (Å²) in [6.45, 7) is 1.14. The second-order valence-electron chi connectivity index (χ2n) is 5.42. The van der Waals surface area contributed by atoms with Crippen LogP contribution in [0, 0.1) is 0 Å². The lowest BCUT2D eigenvalue weighted by atomic mass is 10.2. The second kappa shape index (κ2) is 7.65. The van der Waals surface area contributed by atoms with Gasteiger partial charge in [0.1, 0.15) is 0 Å². The van der Waals surface area contributed by atoms with Crippen LogP contribution >= 0.6 is 0 Å². The molecule has 1 aliphatic rings. The van der Waals surface area contributed by atoms with Gasteiger partial charge in [-0.2, -0.15) is 0 Å². The molecule has 1 aromatic heterocycles. The van der Waals surface area contributed by atoms with Crippen molar-refractivity contribution in [2.24, 2.45) is 0 Å². The summed E-state index contributed by atoms with van der Waals surface area (Å²) in [5, 5.41) is 5.41. The average molecular weight is 326 g/mol. The van der Waals surface area contributed by atoms with Crippen LogP contribution in [0.25, 0.3) is 0 Å². The molecule has 124 valence electrons. The van der Waals surface area contributed by atoms with Gasteiger partial charge in [0.25, 0.3) is 11.8 Å². The van der Waals surface area contributed by atoms with Gasteiger partial charge in [-0.1, -0.05) is 18.2 Å². The van der Waals surface area contributed by atoms with Crippen molar-refractivity contribution >= 4 is 17.6 Å². The maximum Gasteiger partial charge on any atom is 0.273 e. The molecule has 24 heavy (non-hydrogen) atoms. The number of benzene rings is 1. The predicted molar refractivity (Wildman–Crippen MR) is 87.7 cm³/mol. The van der Waals surface area contributed by atoms with Crippen LogP contribution in [-0.2, 0) is 4.74 Å².